The van der Waals surface area contributed by atoms with Crippen molar-refractivity contribution < 1.29 is 14.0 Å². The van der Waals surface area contributed by atoms with E-state index in [9.17, 15) is 14.0 Å². The zero-order valence-electron chi connectivity index (χ0n) is 18.4. The second-order valence-electron chi connectivity index (χ2n) is 7.47. The predicted molar refractivity (Wildman–Crippen MR) is 130 cm³/mol. The summed E-state index contributed by atoms with van der Waals surface area (Å²) in [5, 5.41) is 14.4. The first-order chi connectivity index (χ1) is 16.5. The van der Waals surface area contributed by atoms with Gasteiger partial charge in [0.2, 0.25) is 11.8 Å². The molecule has 172 valence electrons. The Morgan fingerprint density at radius 3 is 2.44 bits per heavy atom. The molecule has 2 amide bonds. The average molecular weight is 476 g/mol. The van der Waals surface area contributed by atoms with Crippen LogP contribution < -0.4 is 10.6 Å². The average Bonchev–Trinajstić information content (AvgIpc) is 3.27. The Balaban J connectivity index is 1.42. The number of hydrogen-bond donors (Lipinski definition) is 2. The fourth-order valence-corrected chi connectivity index (χ4v) is 4.02. The lowest BCUT2D eigenvalue weighted by molar-refractivity contribution is -0.122. The molecule has 0 fully saturated rings. The molecule has 7 nitrogen and oxygen atoms in total. The monoisotopic (exact) mass is 475 g/mol. The largest absolute Gasteiger partial charge is 0.346 e. The van der Waals surface area contributed by atoms with E-state index in [0.29, 0.717) is 16.7 Å². The Labute approximate surface area is 200 Å². The van der Waals surface area contributed by atoms with E-state index in [0.717, 1.165) is 16.8 Å². The normalized spacial score (nSPS) is 10.6. The van der Waals surface area contributed by atoms with Gasteiger partial charge in [-0.25, -0.2) is 4.39 Å². The minimum Gasteiger partial charge on any atom is -0.346 e. The van der Waals surface area contributed by atoms with Crippen LogP contribution in [0.4, 0.5) is 10.1 Å². The van der Waals surface area contributed by atoms with Gasteiger partial charge in [-0.2, -0.15) is 0 Å². The van der Waals surface area contributed by atoms with Crippen molar-refractivity contribution in [1.29, 1.82) is 0 Å². The third-order valence-corrected chi connectivity index (χ3v) is 5.76. The first kappa shape index (κ1) is 23.2. The van der Waals surface area contributed by atoms with Crippen LogP contribution in [0, 0.1) is 12.7 Å². The van der Waals surface area contributed by atoms with E-state index in [-0.39, 0.29) is 18.2 Å². The number of carbonyl (C=O) groups is 2. The van der Waals surface area contributed by atoms with Crippen LogP contribution in [0.15, 0.2) is 84.0 Å². The van der Waals surface area contributed by atoms with Gasteiger partial charge < -0.3 is 10.6 Å². The van der Waals surface area contributed by atoms with Gasteiger partial charge in [-0.1, -0.05) is 53.7 Å². The van der Waals surface area contributed by atoms with Crippen LogP contribution in [0.3, 0.4) is 0 Å². The van der Waals surface area contributed by atoms with E-state index >= 15 is 0 Å². The topological polar surface area (TPSA) is 88.9 Å². The second-order valence-corrected chi connectivity index (χ2v) is 8.41. The molecular weight excluding hydrogens is 453 g/mol. The van der Waals surface area contributed by atoms with Gasteiger partial charge in [0.1, 0.15) is 5.82 Å². The van der Waals surface area contributed by atoms with Crippen LogP contribution >= 0.6 is 11.8 Å². The van der Waals surface area contributed by atoms with Crippen LogP contribution in [0.2, 0.25) is 0 Å². The summed E-state index contributed by atoms with van der Waals surface area (Å²) in [6.07, 6.45) is 0. The maximum atomic E-state index is 13.0. The molecule has 34 heavy (non-hydrogen) atoms. The summed E-state index contributed by atoms with van der Waals surface area (Å²) in [6.45, 7) is 1.82. The molecule has 0 aliphatic heterocycles. The van der Waals surface area contributed by atoms with Gasteiger partial charge in [0, 0.05) is 16.9 Å². The Morgan fingerprint density at radius 1 is 0.941 bits per heavy atom. The van der Waals surface area contributed by atoms with Crippen molar-refractivity contribution in [3.63, 3.8) is 0 Å². The minimum absolute atomic E-state index is 0.0581. The number of carbonyl (C=O) groups excluding carboxylic acids is 2. The van der Waals surface area contributed by atoms with Crippen LogP contribution in [-0.4, -0.2) is 38.9 Å². The summed E-state index contributed by atoms with van der Waals surface area (Å²) in [6, 6.07) is 23.1. The number of thioether (sulfide) groups is 1. The molecule has 1 aromatic heterocycles. The van der Waals surface area contributed by atoms with E-state index in [1.807, 2.05) is 66.1 Å². The Morgan fingerprint density at radius 2 is 1.71 bits per heavy atom. The molecule has 0 atom stereocenters. The molecule has 4 aromatic rings. The second kappa shape index (κ2) is 10.8. The van der Waals surface area contributed by atoms with Crippen molar-refractivity contribution in [2.75, 3.05) is 17.6 Å². The van der Waals surface area contributed by atoms with Crippen molar-refractivity contribution >= 4 is 29.3 Å². The summed E-state index contributed by atoms with van der Waals surface area (Å²) in [5.41, 5.74) is 3.36. The van der Waals surface area contributed by atoms with Crippen molar-refractivity contribution in [1.82, 2.24) is 20.1 Å². The molecule has 0 saturated heterocycles. The predicted octanol–water partition coefficient (Wildman–Crippen LogP) is 4.23. The first-order valence-electron chi connectivity index (χ1n) is 10.5. The number of benzene rings is 3. The maximum absolute atomic E-state index is 13.0. The number of rotatable bonds is 8. The SMILES string of the molecule is Cc1cccc(-c2nnc(SCC(=O)NCC(=O)Nc3ccc(F)cc3)n2-c2ccccc2)c1. The van der Waals surface area contributed by atoms with Gasteiger partial charge in [0.15, 0.2) is 11.0 Å². The Kier molecular flexibility index (Phi) is 7.34. The number of aryl methyl sites for hydroxylation is 1. The summed E-state index contributed by atoms with van der Waals surface area (Å²) >= 11 is 1.23. The summed E-state index contributed by atoms with van der Waals surface area (Å²) < 4.78 is 14.9. The molecule has 3 aromatic carbocycles. The van der Waals surface area contributed by atoms with E-state index in [1.165, 1.54) is 36.0 Å². The highest BCUT2D eigenvalue weighted by Crippen LogP contribution is 2.28. The molecule has 0 bridgehead atoms. The first-order valence-corrected chi connectivity index (χ1v) is 11.5. The molecular formula is C25H22FN5O2S. The molecule has 0 radical (unpaired) electrons. The molecule has 0 spiro atoms. The fraction of sp³-hybridized carbons (Fsp3) is 0.120. The molecule has 9 heteroatoms. The van der Waals surface area contributed by atoms with Gasteiger partial charge in [0.05, 0.1) is 12.3 Å². The summed E-state index contributed by atoms with van der Waals surface area (Å²) in [4.78, 5) is 24.4. The van der Waals surface area contributed by atoms with E-state index < -0.39 is 11.7 Å². The zero-order valence-corrected chi connectivity index (χ0v) is 19.2. The zero-order chi connectivity index (χ0) is 23.9. The molecule has 0 aliphatic rings. The highest BCUT2D eigenvalue weighted by Gasteiger charge is 2.17. The molecule has 0 unspecified atom stereocenters. The Bertz CT molecular complexity index is 1290. The van der Waals surface area contributed by atoms with Crippen LogP contribution in [-0.2, 0) is 9.59 Å². The number of nitrogens with one attached hydrogen (secondary N) is 2. The highest BCUT2D eigenvalue weighted by atomic mass is 32.2. The van der Waals surface area contributed by atoms with Crippen molar-refractivity contribution in [3.8, 4) is 17.1 Å². The number of nitrogens with zero attached hydrogens (tertiary/aromatic N) is 3. The molecule has 0 aliphatic carbocycles. The Hall–Kier alpha value is -3.98. The maximum Gasteiger partial charge on any atom is 0.243 e. The standard InChI is InChI=1S/C25H22FN5O2S/c1-17-6-5-7-18(14-17)24-29-30-25(31(24)21-8-3-2-4-9-21)34-16-23(33)27-15-22(32)28-20-12-10-19(26)11-13-20/h2-14H,15-16H2,1H3,(H,27,33)(H,28,32). The molecule has 0 saturated carbocycles. The molecule has 1 heterocycles. The van der Waals surface area contributed by atoms with Crippen molar-refractivity contribution in [2.45, 2.75) is 12.1 Å². The quantitative estimate of drug-likeness (QED) is 0.373. The third-order valence-electron chi connectivity index (χ3n) is 4.83. The van der Waals surface area contributed by atoms with Crippen LogP contribution in [0.5, 0.6) is 0 Å². The third kappa shape index (κ3) is 5.87. The van der Waals surface area contributed by atoms with Gasteiger partial charge in [0.25, 0.3) is 0 Å². The van der Waals surface area contributed by atoms with E-state index in [1.54, 1.807) is 0 Å². The van der Waals surface area contributed by atoms with Gasteiger partial charge in [-0.3, -0.25) is 14.2 Å². The number of para-hydroxylation sites is 1. The van der Waals surface area contributed by atoms with Gasteiger partial charge in [-0.15, -0.1) is 10.2 Å². The lowest BCUT2D eigenvalue weighted by atomic mass is 10.1. The van der Waals surface area contributed by atoms with Crippen molar-refractivity contribution in [3.05, 3.63) is 90.2 Å². The number of hydrogen-bond acceptors (Lipinski definition) is 5. The minimum atomic E-state index is -0.404. The lowest BCUT2D eigenvalue weighted by Crippen LogP contribution is -2.33. The van der Waals surface area contributed by atoms with E-state index in [2.05, 4.69) is 20.8 Å². The highest BCUT2D eigenvalue weighted by molar-refractivity contribution is 7.99. The number of anilines is 1. The summed E-state index contributed by atoms with van der Waals surface area (Å²) in [7, 11) is 0. The number of aromatic nitrogens is 3. The molecule has 2 N–H and O–H groups in total. The number of amides is 2. The van der Waals surface area contributed by atoms with Gasteiger partial charge in [-0.05, 0) is 49.4 Å². The van der Waals surface area contributed by atoms with Crippen LogP contribution in [0.25, 0.3) is 17.1 Å². The molecule has 4 rings (SSSR count). The fourth-order valence-electron chi connectivity index (χ4n) is 3.24. The van der Waals surface area contributed by atoms with E-state index in [4.69, 9.17) is 0 Å². The lowest BCUT2D eigenvalue weighted by Gasteiger charge is -2.11. The number of halogens is 1. The van der Waals surface area contributed by atoms with Crippen LogP contribution in [0.1, 0.15) is 5.56 Å². The smallest absolute Gasteiger partial charge is 0.243 e. The van der Waals surface area contributed by atoms with Gasteiger partial charge >= 0.3 is 0 Å². The summed E-state index contributed by atoms with van der Waals surface area (Å²) in [5.74, 6) is -0.380. The van der Waals surface area contributed by atoms with Crippen molar-refractivity contribution in [2.24, 2.45) is 0 Å².